The quantitative estimate of drug-likeness (QED) is 0.549. The van der Waals surface area contributed by atoms with Crippen molar-refractivity contribution < 1.29 is 29.9 Å². The lowest BCUT2D eigenvalue weighted by Crippen LogP contribution is -2.62. The molecule has 7 nitrogen and oxygen atoms in total. The molecule has 0 bridgehead atoms. The molecule has 0 unspecified atom stereocenters. The first-order valence-electron chi connectivity index (χ1n) is 7.38. The zero-order valence-electron chi connectivity index (χ0n) is 12.1. The van der Waals surface area contributed by atoms with Gasteiger partial charge in [0.2, 0.25) is 6.79 Å². The normalized spacial score (nSPS) is 31.5. The smallest absolute Gasteiger partial charge is 0.231 e. The Morgan fingerprint density at radius 1 is 1.09 bits per heavy atom. The molecule has 2 aliphatic rings. The van der Waals surface area contributed by atoms with Gasteiger partial charge in [-0.05, 0) is 24.1 Å². The Labute approximate surface area is 128 Å². The molecule has 1 fully saturated rings. The number of fused-ring (bicyclic) bond motifs is 1. The molecular weight excluding hydrogens is 290 g/mol. The van der Waals surface area contributed by atoms with Crippen LogP contribution >= 0.6 is 0 Å². The van der Waals surface area contributed by atoms with Crippen molar-refractivity contribution >= 4 is 0 Å². The second-order valence-electron chi connectivity index (χ2n) is 5.73. The van der Waals surface area contributed by atoms with Gasteiger partial charge in [0.1, 0.15) is 12.2 Å². The minimum Gasteiger partial charge on any atom is -0.454 e. The van der Waals surface area contributed by atoms with Crippen molar-refractivity contribution in [2.24, 2.45) is 0 Å². The lowest BCUT2D eigenvalue weighted by Gasteiger charge is -2.43. The Morgan fingerprint density at radius 3 is 2.64 bits per heavy atom. The molecule has 4 atom stereocenters. The van der Waals surface area contributed by atoms with Gasteiger partial charge in [-0.15, -0.1) is 0 Å². The van der Waals surface area contributed by atoms with E-state index in [-0.39, 0.29) is 19.9 Å². The summed E-state index contributed by atoms with van der Waals surface area (Å²) in [6.45, 7) is 0.722. The van der Waals surface area contributed by atoms with Crippen LogP contribution in [0, 0.1) is 0 Å². The Bertz CT molecular complexity index is 525. The molecule has 0 aromatic heterocycles. The van der Waals surface area contributed by atoms with Crippen molar-refractivity contribution in [1.29, 1.82) is 0 Å². The van der Waals surface area contributed by atoms with Crippen LogP contribution in [-0.4, -0.2) is 76.2 Å². The number of rotatable bonds is 4. The summed E-state index contributed by atoms with van der Waals surface area (Å²) in [5, 5.41) is 38.9. The maximum atomic E-state index is 9.95. The van der Waals surface area contributed by atoms with E-state index in [0.717, 1.165) is 11.3 Å². The molecule has 1 aromatic carbocycles. The van der Waals surface area contributed by atoms with E-state index in [1.165, 1.54) is 0 Å². The third-order valence-corrected chi connectivity index (χ3v) is 4.34. The molecule has 122 valence electrons. The van der Waals surface area contributed by atoms with Crippen LogP contribution in [0.2, 0.25) is 0 Å². The Hall–Kier alpha value is -1.38. The van der Waals surface area contributed by atoms with Gasteiger partial charge in [-0.3, -0.25) is 4.90 Å². The van der Waals surface area contributed by atoms with E-state index in [4.69, 9.17) is 9.47 Å². The summed E-state index contributed by atoms with van der Waals surface area (Å²) in [7, 11) is 0. The standard InChI is InChI=1S/C15H21NO6/c17-7-10-14(19)15(20)11(18)6-16(10)4-3-9-1-2-12-13(5-9)22-8-21-12/h1-2,5,10-11,14-15,17-20H,3-4,6-8H2/t10-,11+,14-,15-/m1/s1. The third kappa shape index (κ3) is 2.90. The molecule has 1 aromatic rings. The lowest BCUT2D eigenvalue weighted by molar-refractivity contribution is -0.144. The van der Waals surface area contributed by atoms with Crippen molar-refractivity contribution in [2.45, 2.75) is 30.8 Å². The predicted molar refractivity (Wildman–Crippen MR) is 76.7 cm³/mol. The molecule has 3 rings (SSSR count). The lowest BCUT2D eigenvalue weighted by atomic mass is 9.94. The molecule has 0 saturated carbocycles. The van der Waals surface area contributed by atoms with Crippen LogP contribution in [-0.2, 0) is 6.42 Å². The van der Waals surface area contributed by atoms with Gasteiger partial charge in [0.25, 0.3) is 0 Å². The van der Waals surface area contributed by atoms with Crippen LogP contribution in [0.4, 0.5) is 0 Å². The predicted octanol–water partition coefficient (Wildman–Crippen LogP) is -1.28. The highest BCUT2D eigenvalue weighted by atomic mass is 16.7. The number of aliphatic hydroxyl groups excluding tert-OH is 4. The summed E-state index contributed by atoms with van der Waals surface area (Å²) in [5.74, 6) is 1.44. The fourth-order valence-corrected chi connectivity index (χ4v) is 3.00. The first kappa shape index (κ1) is 15.5. The Balaban J connectivity index is 1.64. The average molecular weight is 311 g/mol. The van der Waals surface area contributed by atoms with Crippen LogP contribution in [0.3, 0.4) is 0 Å². The Kier molecular flexibility index (Phi) is 4.51. The number of likely N-dealkylation sites (tertiary alicyclic amines) is 1. The SMILES string of the molecule is OC[C@@H]1[C@@H](O)[C@H](O)[C@@H](O)CN1CCc1ccc2c(c1)OCO2. The van der Waals surface area contributed by atoms with Crippen LogP contribution in [0.25, 0.3) is 0 Å². The molecule has 4 N–H and O–H groups in total. The first-order chi connectivity index (χ1) is 10.6. The van der Waals surface area contributed by atoms with Crippen molar-refractivity contribution in [1.82, 2.24) is 4.90 Å². The number of β-amino-alcohol motifs (C(OH)–C–C–N with tert-alkyl or cyclic N) is 1. The zero-order chi connectivity index (χ0) is 15.7. The van der Waals surface area contributed by atoms with Crippen LogP contribution in [0.15, 0.2) is 18.2 Å². The molecule has 2 aliphatic heterocycles. The highest BCUT2D eigenvalue weighted by Crippen LogP contribution is 2.32. The summed E-state index contributed by atoms with van der Waals surface area (Å²) in [6, 6.07) is 5.12. The molecule has 0 amide bonds. The molecule has 2 heterocycles. The number of hydrogen-bond acceptors (Lipinski definition) is 7. The van der Waals surface area contributed by atoms with Crippen molar-refractivity contribution in [3.05, 3.63) is 23.8 Å². The van der Waals surface area contributed by atoms with Crippen LogP contribution in [0.5, 0.6) is 11.5 Å². The molecule has 0 spiro atoms. The fraction of sp³-hybridized carbons (Fsp3) is 0.600. The van der Waals surface area contributed by atoms with Crippen LogP contribution < -0.4 is 9.47 Å². The second kappa shape index (κ2) is 6.39. The zero-order valence-corrected chi connectivity index (χ0v) is 12.1. The highest BCUT2D eigenvalue weighted by Gasteiger charge is 2.40. The van der Waals surface area contributed by atoms with Crippen molar-refractivity contribution in [2.75, 3.05) is 26.5 Å². The highest BCUT2D eigenvalue weighted by molar-refractivity contribution is 5.44. The summed E-state index contributed by atoms with van der Waals surface area (Å²) in [6.07, 6.45) is -2.73. The molecule has 22 heavy (non-hydrogen) atoms. The van der Waals surface area contributed by atoms with Gasteiger partial charge in [0.05, 0.1) is 18.8 Å². The first-order valence-corrected chi connectivity index (χ1v) is 7.38. The molecule has 0 radical (unpaired) electrons. The van der Waals surface area contributed by atoms with E-state index in [0.29, 0.717) is 18.7 Å². The van der Waals surface area contributed by atoms with Crippen LogP contribution in [0.1, 0.15) is 5.56 Å². The molecule has 0 aliphatic carbocycles. The van der Waals surface area contributed by atoms with E-state index < -0.39 is 24.4 Å². The fourth-order valence-electron chi connectivity index (χ4n) is 3.00. The minimum absolute atomic E-state index is 0.216. The molecule has 7 heteroatoms. The molecule has 1 saturated heterocycles. The van der Waals surface area contributed by atoms with Gasteiger partial charge in [-0.25, -0.2) is 0 Å². The van der Waals surface area contributed by atoms with Gasteiger partial charge < -0.3 is 29.9 Å². The van der Waals surface area contributed by atoms with Crippen molar-refractivity contribution in [3.63, 3.8) is 0 Å². The Morgan fingerprint density at radius 2 is 1.86 bits per heavy atom. The van der Waals surface area contributed by atoms with Gasteiger partial charge in [0, 0.05) is 13.1 Å². The van der Waals surface area contributed by atoms with E-state index in [1.54, 1.807) is 4.90 Å². The van der Waals surface area contributed by atoms with Crippen molar-refractivity contribution in [3.8, 4) is 11.5 Å². The van der Waals surface area contributed by atoms with Gasteiger partial charge in [-0.2, -0.15) is 0 Å². The largest absolute Gasteiger partial charge is 0.454 e. The van der Waals surface area contributed by atoms with Gasteiger partial charge >= 0.3 is 0 Å². The minimum atomic E-state index is -1.22. The average Bonchev–Trinajstić information content (AvgIpc) is 2.98. The summed E-state index contributed by atoms with van der Waals surface area (Å²) >= 11 is 0. The summed E-state index contributed by atoms with van der Waals surface area (Å²) in [5.41, 5.74) is 1.04. The number of ether oxygens (including phenoxy) is 2. The maximum absolute atomic E-state index is 9.95. The van der Waals surface area contributed by atoms with Gasteiger partial charge in [0.15, 0.2) is 11.5 Å². The van der Waals surface area contributed by atoms with E-state index in [2.05, 4.69) is 0 Å². The number of aliphatic hydroxyl groups is 4. The monoisotopic (exact) mass is 311 g/mol. The summed E-state index contributed by atoms with van der Waals surface area (Å²) in [4.78, 5) is 1.80. The molecular formula is C15H21NO6. The summed E-state index contributed by atoms with van der Waals surface area (Å²) < 4.78 is 10.6. The number of benzene rings is 1. The number of nitrogens with zero attached hydrogens (tertiary/aromatic N) is 1. The number of piperidine rings is 1. The van der Waals surface area contributed by atoms with E-state index >= 15 is 0 Å². The second-order valence-corrected chi connectivity index (χ2v) is 5.73. The topological polar surface area (TPSA) is 103 Å². The number of hydrogen-bond donors (Lipinski definition) is 4. The maximum Gasteiger partial charge on any atom is 0.231 e. The van der Waals surface area contributed by atoms with E-state index in [9.17, 15) is 20.4 Å². The third-order valence-electron chi connectivity index (χ3n) is 4.34. The van der Waals surface area contributed by atoms with E-state index in [1.807, 2.05) is 18.2 Å². The van der Waals surface area contributed by atoms with Gasteiger partial charge in [-0.1, -0.05) is 6.07 Å².